The Morgan fingerprint density at radius 2 is 2.23 bits per heavy atom. The van der Waals surface area contributed by atoms with Gasteiger partial charge in [-0.2, -0.15) is 5.10 Å². The van der Waals surface area contributed by atoms with Gasteiger partial charge in [0, 0.05) is 12.6 Å². The molecular formula is C10H19N3. The van der Waals surface area contributed by atoms with E-state index in [0.717, 1.165) is 30.8 Å². The largest absolute Gasteiger partial charge is 0.323 e. The van der Waals surface area contributed by atoms with E-state index >= 15 is 0 Å². The van der Waals surface area contributed by atoms with Gasteiger partial charge in [0.15, 0.2) is 0 Å². The van der Waals surface area contributed by atoms with E-state index in [-0.39, 0.29) is 6.04 Å². The molecule has 1 heterocycles. The fourth-order valence-electron chi connectivity index (χ4n) is 1.48. The van der Waals surface area contributed by atoms with Gasteiger partial charge in [-0.05, 0) is 26.3 Å². The number of aromatic nitrogens is 2. The van der Waals surface area contributed by atoms with Gasteiger partial charge in [-0.25, -0.2) is 0 Å². The van der Waals surface area contributed by atoms with Crippen molar-refractivity contribution in [3.63, 3.8) is 0 Å². The molecule has 0 amide bonds. The highest BCUT2D eigenvalue weighted by Gasteiger charge is 2.09. The maximum absolute atomic E-state index is 5.84. The maximum atomic E-state index is 5.84. The second-order valence-electron chi connectivity index (χ2n) is 3.41. The van der Waals surface area contributed by atoms with Crippen LogP contribution in [0.5, 0.6) is 0 Å². The van der Waals surface area contributed by atoms with Gasteiger partial charge in [0.05, 0.1) is 11.4 Å². The third-order valence-corrected chi connectivity index (χ3v) is 2.13. The first-order chi connectivity index (χ1) is 6.19. The second-order valence-corrected chi connectivity index (χ2v) is 3.41. The molecule has 0 spiro atoms. The Balaban J connectivity index is 2.90. The maximum Gasteiger partial charge on any atom is 0.0628 e. The molecule has 1 atom stereocenters. The number of aryl methyl sites for hydroxylation is 2. The SMILES string of the molecule is CCCc1cc([C@H](C)N)n(CC)n1. The van der Waals surface area contributed by atoms with Crippen LogP contribution in [0.4, 0.5) is 0 Å². The van der Waals surface area contributed by atoms with Crippen molar-refractivity contribution < 1.29 is 0 Å². The zero-order valence-electron chi connectivity index (χ0n) is 8.75. The van der Waals surface area contributed by atoms with Crippen molar-refractivity contribution in [2.45, 2.75) is 46.2 Å². The summed E-state index contributed by atoms with van der Waals surface area (Å²) in [6.07, 6.45) is 2.19. The number of rotatable bonds is 4. The van der Waals surface area contributed by atoms with Crippen molar-refractivity contribution >= 4 is 0 Å². The summed E-state index contributed by atoms with van der Waals surface area (Å²) in [6.45, 7) is 7.16. The zero-order chi connectivity index (χ0) is 9.84. The van der Waals surface area contributed by atoms with Gasteiger partial charge < -0.3 is 5.73 Å². The normalized spacial score (nSPS) is 13.2. The van der Waals surface area contributed by atoms with Crippen molar-refractivity contribution in [1.82, 2.24) is 9.78 Å². The Hall–Kier alpha value is -0.830. The smallest absolute Gasteiger partial charge is 0.0628 e. The fourth-order valence-corrected chi connectivity index (χ4v) is 1.48. The third kappa shape index (κ3) is 2.31. The van der Waals surface area contributed by atoms with E-state index in [9.17, 15) is 0 Å². The minimum Gasteiger partial charge on any atom is -0.323 e. The summed E-state index contributed by atoms with van der Waals surface area (Å²) >= 11 is 0. The summed E-state index contributed by atoms with van der Waals surface area (Å²) in [5, 5.41) is 4.48. The molecule has 2 N–H and O–H groups in total. The van der Waals surface area contributed by atoms with Gasteiger partial charge in [-0.1, -0.05) is 13.3 Å². The summed E-state index contributed by atoms with van der Waals surface area (Å²) < 4.78 is 2.00. The first-order valence-electron chi connectivity index (χ1n) is 5.01. The van der Waals surface area contributed by atoms with Crippen LogP contribution in [-0.2, 0) is 13.0 Å². The molecule has 0 saturated heterocycles. The molecule has 0 radical (unpaired) electrons. The molecule has 1 aromatic heterocycles. The van der Waals surface area contributed by atoms with E-state index in [1.807, 2.05) is 11.6 Å². The second kappa shape index (κ2) is 4.42. The summed E-state index contributed by atoms with van der Waals surface area (Å²) in [5.74, 6) is 0. The van der Waals surface area contributed by atoms with Crippen LogP contribution in [0.25, 0.3) is 0 Å². The van der Waals surface area contributed by atoms with Gasteiger partial charge >= 0.3 is 0 Å². The van der Waals surface area contributed by atoms with Crippen LogP contribution >= 0.6 is 0 Å². The Labute approximate surface area is 79.9 Å². The van der Waals surface area contributed by atoms with E-state index in [1.165, 1.54) is 0 Å². The van der Waals surface area contributed by atoms with Crippen molar-refractivity contribution in [3.05, 3.63) is 17.5 Å². The van der Waals surface area contributed by atoms with Gasteiger partial charge in [0.2, 0.25) is 0 Å². The van der Waals surface area contributed by atoms with Crippen molar-refractivity contribution in [3.8, 4) is 0 Å². The highest BCUT2D eigenvalue weighted by Crippen LogP contribution is 2.12. The molecule has 1 rings (SSSR count). The molecule has 0 saturated carbocycles. The van der Waals surface area contributed by atoms with E-state index in [0.29, 0.717) is 0 Å². The topological polar surface area (TPSA) is 43.8 Å². The van der Waals surface area contributed by atoms with Gasteiger partial charge in [0.25, 0.3) is 0 Å². The van der Waals surface area contributed by atoms with Crippen LogP contribution in [0.3, 0.4) is 0 Å². The lowest BCUT2D eigenvalue weighted by Gasteiger charge is -2.06. The fraction of sp³-hybridized carbons (Fsp3) is 0.700. The minimum atomic E-state index is 0.0815. The van der Waals surface area contributed by atoms with Crippen molar-refractivity contribution in [1.29, 1.82) is 0 Å². The summed E-state index contributed by atoms with van der Waals surface area (Å²) in [6, 6.07) is 2.20. The van der Waals surface area contributed by atoms with Gasteiger partial charge in [-0.15, -0.1) is 0 Å². The molecule has 0 aliphatic rings. The summed E-state index contributed by atoms with van der Waals surface area (Å²) in [4.78, 5) is 0. The molecular weight excluding hydrogens is 162 g/mol. The van der Waals surface area contributed by atoms with Crippen LogP contribution in [0, 0.1) is 0 Å². The molecule has 74 valence electrons. The summed E-state index contributed by atoms with van der Waals surface area (Å²) in [5.41, 5.74) is 8.15. The van der Waals surface area contributed by atoms with Crippen LogP contribution in [0.15, 0.2) is 6.07 Å². The van der Waals surface area contributed by atoms with Gasteiger partial charge in [-0.3, -0.25) is 4.68 Å². The highest BCUT2D eigenvalue weighted by atomic mass is 15.3. The molecule has 1 aromatic rings. The van der Waals surface area contributed by atoms with Gasteiger partial charge in [0.1, 0.15) is 0 Å². The minimum absolute atomic E-state index is 0.0815. The third-order valence-electron chi connectivity index (χ3n) is 2.13. The quantitative estimate of drug-likeness (QED) is 0.770. The molecule has 0 aliphatic heterocycles. The van der Waals surface area contributed by atoms with Crippen LogP contribution < -0.4 is 5.73 Å². The van der Waals surface area contributed by atoms with E-state index in [2.05, 4.69) is 25.0 Å². The standard InChI is InChI=1S/C10H19N3/c1-4-6-9-7-10(8(3)11)13(5-2)12-9/h7-8H,4-6,11H2,1-3H3/t8-/m0/s1. The summed E-state index contributed by atoms with van der Waals surface area (Å²) in [7, 11) is 0. The van der Waals surface area contributed by atoms with E-state index in [1.54, 1.807) is 0 Å². The zero-order valence-corrected chi connectivity index (χ0v) is 8.75. The number of nitrogens with two attached hydrogens (primary N) is 1. The molecule has 0 aromatic carbocycles. The Morgan fingerprint density at radius 3 is 2.62 bits per heavy atom. The molecule has 0 fully saturated rings. The first kappa shape index (κ1) is 10.3. The first-order valence-corrected chi connectivity index (χ1v) is 5.01. The molecule has 3 heteroatoms. The highest BCUT2D eigenvalue weighted by molar-refractivity contribution is 5.13. The van der Waals surface area contributed by atoms with E-state index < -0.39 is 0 Å². The molecule has 0 bridgehead atoms. The molecule has 13 heavy (non-hydrogen) atoms. The predicted molar refractivity (Wildman–Crippen MR) is 54.5 cm³/mol. The van der Waals surface area contributed by atoms with Crippen molar-refractivity contribution in [2.24, 2.45) is 5.73 Å². The van der Waals surface area contributed by atoms with Crippen LogP contribution in [0.1, 0.15) is 44.6 Å². The monoisotopic (exact) mass is 181 g/mol. The number of nitrogens with zero attached hydrogens (tertiary/aromatic N) is 2. The lowest BCUT2D eigenvalue weighted by Crippen LogP contribution is -2.12. The molecule has 0 unspecified atom stereocenters. The van der Waals surface area contributed by atoms with Crippen LogP contribution in [-0.4, -0.2) is 9.78 Å². The average Bonchev–Trinajstić information content (AvgIpc) is 2.48. The Morgan fingerprint density at radius 1 is 1.54 bits per heavy atom. The predicted octanol–water partition coefficient (Wildman–Crippen LogP) is 1.88. The lowest BCUT2D eigenvalue weighted by atomic mass is 10.2. The lowest BCUT2D eigenvalue weighted by molar-refractivity contribution is 0.583. The Bertz CT molecular complexity index is 263. The number of hydrogen-bond acceptors (Lipinski definition) is 2. The number of hydrogen-bond donors (Lipinski definition) is 1. The molecule has 0 aliphatic carbocycles. The van der Waals surface area contributed by atoms with Crippen molar-refractivity contribution in [2.75, 3.05) is 0 Å². The Kier molecular flexibility index (Phi) is 3.48. The van der Waals surface area contributed by atoms with E-state index in [4.69, 9.17) is 5.73 Å². The van der Waals surface area contributed by atoms with Crippen LogP contribution in [0.2, 0.25) is 0 Å². The average molecular weight is 181 g/mol. The molecule has 3 nitrogen and oxygen atoms in total.